The van der Waals surface area contributed by atoms with Gasteiger partial charge in [0, 0.05) is 54.6 Å². The number of benzene rings is 2. The maximum atomic E-state index is 16.5. The average molecular weight is 626 g/mol. The van der Waals surface area contributed by atoms with Gasteiger partial charge in [-0.3, -0.25) is 9.59 Å². The largest absolute Gasteiger partial charge is 0.378 e. The summed E-state index contributed by atoms with van der Waals surface area (Å²) in [4.78, 5) is 33.5. The molecule has 3 aromatic rings. The quantitative estimate of drug-likeness (QED) is 0.416. The lowest BCUT2D eigenvalue weighted by Gasteiger charge is -2.43. The summed E-state index contributed by atoms with van der Waals surface area (Å²) in [6, 6.07) is 11.8. The lowest BCUT2D eigenvalue weighted by molar-refractivity contribution is -0.136. The van der Waals surface area contributed by atoms with Gasteiger partial charge < -0.3 is 25.2 Å². The molecule has 4 aliphatic rings. The summed E-state index contributed by atoms with van der Waals surface area (Å²) in [6.07, 6.45) is 0.472. The fraction of sp³-hybridized carbons (Fsp3) is 0.406. The first-order chi connectivity index (χ1) is 21.2. The van der Waals surface area contributed by atoms with Gasteiger partial charge >= 0.3 is 0 Å². The van der Waals surface area contributed by atoms with Crippen LogP contribution in [0.3, 0.4) is 0 Å². The molecule has 2 amide bonds. The molecule has 8 nitrogen and oxygen atoms in total. The van der Waals surface area contributed by atoms with Crippen LogP contribution in [0.2, 0.25) is 5.02 Å². The number of ether oxygens (including phenoxy) is 1. The molecule has 7 rings (SSSR count). The predicted molar refractivity (Wildman–Crippen MR) is 159 cm³/mol. The number of morpholine rings is 1. The first kappa shape index (κ1) is 29.1. The number of nitrogens with zero attached hydrogens (tertiary/aromatic N) is 3. The third-order valence-corrected chi connectivity index (χ3v) is 9.45. The van der Waals surface area contributed by atoms with Crippen LogP contribution in [0, 0.1) is 17.6 Å². The van der Waals surface area contributed by atoms with Crippen molar-refractivity contribution in [1.82, 2.24) is 15.2 Å². The number of hydrogen-bond acceptors (Lipinski definition) is 6. The van der Waals surface area contributed by atoms with Crippen LogP contribution in [0.1, 0.15) is 46.4 Å². The van der Waals surface area contributed by atoms with E-state index >= 15 is 8.78 Å². The summed E-state index contributed by atoms with van der Waals surface area (Å²) in [5.74, 6) is -2.84. The highest BCUT2D eigenvalue weighted by Crippen LogP contribution is 2.45. The summed E-state index contributed by atoms with van der Waals surface area (Å²) in [5, 5.41) is 6.32. The molecule has 1 saturated carbocycles. The Morgan fingerprint density at radius 1 is 1.16 bits per heavy atom. The number of aromatic nitrogens is 1. The van der Waals surface area contributed by atoms with Crippen LogP contribution in [0.25, 0.3) is 0 Å². The van der Waals surface area contributed by atoms with Crippen molar-refractivity contribution in [3.05, 3.63) is 87.6 Å². The van der Waals surface area contributed by atoms with Crippen molar-refractivity contribution in [2.24, 2.45) is 5.92 Å². The molecular formula is C32H31ClF3N5O3. The summed E-state index contributed by atoms with van der Waals surface area (Å²) in [7, 11) is 0. The van der Waals surface area contributed by atoms with E-state index in [9.17, 15) is 14.0 Å². The number of fused-ring (bicyclic) bond motifs is 1. The lowest BCUT2D eigenvalue weighted by atomic mass is 9.71. The summed E-state index contributed by atoms with van der Waals surface area (Å²) in [6.45, 7) is 4.13. The van der Waals surface area contributed by atoms with Crippen molar-refractivity contribution in [3.63, 3.8) is 0 Å². The van der Waals surface area contributed by atoms with Crippen molar-refractivity contribution in [2.75, 3.05) is 49.6 Å². The highest BCUT2D eigenvalue weighted by Gasteiger charge is 2.49. The number of anilines is 2. The second-order valence-electron chi connectivity index (χ2n) is 12.2. The Morgan fingerprint density at radius 3 is 2.59 bits per heavy atom. The molecule has 44 heavy (non-hydrogen) atoms. The Labute approximate surface area is 257 Å². The van der Waals surface area contributed by atoms with Gasteiger partial charge in [0.25, 0.3) is 5.91 Å². The van der Waals surface area contributed by atoms with E-state index in [1.807, 2.05) is 24.3 Å². The molecule has 1 aromatic heterocycles. The highest BCUT2D eigenvalue weighted by molar-refractivity contribution is 6.30. The van der Waals surface area contributed by atoms with Crippen LogP contribution in [-0.4, -0.2) is 73.3 Å². The zero-order valence-corrected chi connectivity index (χ0v) is 24.7. The van der Waals surface area contributed by atoms with E-state index in [4.69, 9.17) is 16.3 Å². The normalized spacial score (nSPS) is 26.7. The number of hydrogen-bond donors (Lipinski definition) is 2. The average Bonchev–Trinajstić information content (AvgIpc) is 3.75. The number of alkyl halides is 1. The second kappa shape index (κ2) is 11.0. The van der Waals surface area contributed by atoms with Gasteiger partial charge in [0.1, 0.15) is 12.0 Å². The number of rotatable bonds is 6. The van der Waals surface area contributed by atoms with Gasteiger partial charge in [-0.15, -0.1) is 0 Å². The number of halogens is 4. The van der Waals surface area contributed by atoms with Crippen molar-refractivity contribution < 1.29 is 27.5 Å². The second-order valence-corrected chi connectivity index (χ2v) is 12.6. The number of amides is 2. The van der Waals surface area contributed by atoms with Crippen LogP contribution < -0.4 is 15.5 Å². The van der Waals surface area contributed by atoms with E-state index in [0.29, 0.717) is 18.9 Å². The standard InChI is InChI=1S/C32H31ClF3N5O3/c1-32(22-3-2-4-23(33)27(22)35)16-41(19-7-5-17(6-8-19)25-15-44-10-9-37-25)31(43)21-12-38-29(28(36)26(21)32)39-18-13-40(14-18)30(42)20-11-24(20)34/h2-8,12,18,20,24-25,37H,9-11,13-16H2,1H3,(H,38,39)/t20-,24+,25+,32-/m1/s1. The lowest BCUT2D eigenvalue weighted by Crippen LogP contribution is -2.58. The first-order valence-corrected chi connectivity index (χ1v) is 15.1. The fourth-order valence-corrected chi connectivity index (χ4v) is 6.70. The molecule has 0 radical (unpaired) electrons. The van der Waals surface area contributed by atoms with Crippen LogP contribution in [0.4, 0.5) is 24.7 Å². The molecule has 0 unspecified atom stereocenters. The molecule has 4 atom stereocenters. The topological polar surface area (TPSA) is 86.8 Å². The van der Waals surface area contributed by atoms with Crippen LogP contribution in [0.15, 0.2) is 48.7 Å². The molecule has 1 aliphatic carbocycles. The molecule has 0 bridgehead atoms. The zero-order chi connectivity index (χ0) is 30.7. The van der Waals surface area contributed by atoms with E-state index in [0.717, 1.165) is 12.1 Å². The van der Waals surface area contributed by atoms with Crippen LogP contribution in [0.5, 0.6) is 0 Å². The number of pyridine rings is 1. The van der Waals surface area contributed by atoms with Gasteiger partial charge in [-0.05, 0) is 37.1 Å². The van der Waals surface area contributed by atoms with Crippen molar-refractivity contribution in [3.8, 4) is 0 Å². The molecule has 2 saturated heterocycles. The summed E-state index contributed by atoms with van der Waals surface area (Å²) >= 11 is 6.19. The smallest absolute Gasteiger partial charge is 0.260 e. The molecule has 3 fully saturated rings. The molecule has 230 valence electrons. The minimum Gasteiger partial charge on any atom is -0.378 e. The zero-order valence-electron chi connectivity index (χ0n) is 24.0. The highest BCUT2D eigenvalue weighted by atomic mass is 35.5. The SMILES string of the molecule is C[C@]1(c2cccc(Cl)c2F)CN(c2ccc([C@@H]3COCCN3)cc2)C(=O)c2cnc(NC3CN(C(=O)[C@@H]4C[C@@H]4F)C3)c(F)c21. The number of nitrogens with one attached hydrogen (secondary N) is 2. The molecule has 2 N–H and O–H groups in total. The Hall–Kier alpha value is -3.67. The van der Waals surface area contributed by atoms with Gasteiger partial charge in [-0.2, -0.15) is 0 Å². The van der Waals surface area contributed by atoms with E-state index in [2.05, 4.69) is 15.6 Å². The predicted octanol–water partition coefficient (Wildman–Crippen LogP) is 4.62. The maximum absolute atomic E-state index is 16.5. The maximum Gasteiger partial charge on any atom is 0.260 e. The number of carbonyl (C=O) groups excluding carboxylic acids is 2. The minimum absolute atomic E-state index is 0.0146. The molecular weight excluding hydrogens is 595 g/mol. The Kier molecular flexibility index (Phi) is 7.30. The molecule has 3 aliphatic heterocycles. The van der Waals surface area contributed by atoms with Gasteiger partial charge in [-0.25, -0.2) is 18.2 Å². The Morgan fingerprint density at radius 2 is 1.91 bits per heavy atom. The number of likely N-dealkylation sites (tertiary alicyclic amines) is 1. The van der Waals surface area contributed by atoms with Crippen LogP contribution in [-0.2, 0) is 14.9 Å². The Balaban J connectivity index is 1.22. The van der Waals surface area contributed by atoms with E-state index < -0.39 is 35.0 Å². The van der Waals surface area contributed by atoms with Crippen LogP contribution >= 0.6 is 11.6 Å². The number of carbonyl (C=O) groups is 2. The van der Waals surface area contributed by atoms with Crippen molar-refractivity contribution >= 4 is 34.9 Å². The van der Waals surface area contributed by atoms with Gasteiger partial charge in [0.2, 0.25) is 5.91 Å². The van der Waals surface area contributed by atoms with Crippen molar-refractivity contribution in [2.45, 2.75) is 37.0 Å². The van der Waals surface area contributed by atoms with Gasteiger partial charge in [0.15, 0.2) is 11.6 Å². The third kappa shape index (κ3) is 4.91. The molecule has 4 heterocycles. The minimum atomic E-state index is -1.34. The molecule has 2 aromatic carbocycles. The van der Waals surface area contributed by atoms with E-state index in [-0.39, 0.29) is 71.6 Å². The molecule has 12 heteroatoms. The van der Waals surface area contributed by atoms with Gasteiger partial charge in [0.05, 0.1) is 41.8 Å². The fourth-order valence-electron chi connectivity index (χ4n) is 6.52. The molecule has 0 spiro atoms. The Bertz CT molecular complexity index is 1630. The third-order valence-electron chi connectivity index (χ3n) is 9.16. The monoisotopic (exact) mass is 625 g/mol. The van der Waals surface area contributed by atoms with E-state index in [1.54, 1.807) is 19.1 Å². The van der Waals surface area contributed by atoms with E-state index in [1.165, 1.54) is 22.1 Å². The summed E-state index contributed by atoms with van der Waals surface area (Å²) in [5.41, 5.74) is 0.406. The first-order valence-electron chi connectivity index (χ1n) is 14.7. The summed E-state index contributed by atoms with van der Waals surface area (Å²) < 4.78 is 51.1. The van der Waals surface area contributed by atoms with Gasteiger partial charge in [-0.1, -0.05) is 35.9 Å². The van der Waals surface area contributed by atoms with Crippen molar-refractivity contribution in [1.29, 1.82) is 0 Å².